The third kappa shape index (κ3) is 3.74. The molecule has 0 aliphatic heterocycles. The van der Waals surface area contributed by atoms with E-state index in [9.17, 15) is 18.8 Å². The van der Waals surface area contributed by atoms with Crippen molar-refractivity contribution in [2.24, 2.45) is 0 Å². The lowest BCUT2D eigenvalue weighted by Gasteiger charge is -2.04. The fourth-order valence-electron chi connectivity index (χ4n) is 1.26. The smallest absolute Gasteiger partial charge is 0.342 e. The molecule has 0 radical (unpaired) electrons. The number of benzene rings is 1. The Morgan fingerprint density at radius 1 is 1.05 bits per heavy atom. The van der Waals surface area contributed by atoms with Crippen molar-refractivity contribution in [3.8, 4) is 0 Å². The van der Waals surface area contributed by atoms with Gasteiger partial charge in [0, 0.05) is 11.6 Å². The SMILES string of the molecule is COC(=O)/C=C(/C(=O)OC)C(=O)c1ccc(F)cc1. The van der Waals surface area contributed by atoms with E-state index in [1.165, 1.54) is 12.1 Å². The third-order valence-corrected chi connectivity index (χ3v) is 2.22. The molecule has 0 aromatic heterocycles. The first-order chi connectivity index (χ1) is 8.99. The molecule has 0 bridgehead atoms. The second kappa shape index (κ2) is 6.44. The van der Waals surface area contributed by atoms with Gasteiger partial charge in [-0.3, -0.25) is 4.79 Å². The van der Waals surface area contributed by atoms with Crippen LogP contribution in [-0.4, -0.2) is 31.9 Å². The van der Waals surface area contributed by atoms with Crippen molar-refractivity contribution in [1.82, 2.24) is 0 Å². The Bertz CT molecular complexity index is 530. The number of carbonyl (C=O) groups excluding carboxylic acids is 3. The van der Waals surface area contributed by atoms with Gasteiger partial charge in [0.1, 0.15) is 11.4 Å². The van der Waals surface area contributed by atoms with Crippen LogP contribution in [0.2, 0.25) is 0 Å². The first-order valence-corrected chi connectivity index (χ1v) is 5.17. The van der Waals surface area contributed by atoms with Gasteiger partial charge < -0.3 is 9.47 Å². The monoisotopic (exact) mass is 266 g/mol. The molecule has 0 N–H and O–H groups in total. The molecule has 0 unspecified atom stereocenters. The van der Waals surface area contributed by atoms with E-state index in [2.05, 4.69) is 9.47 Å². The van der Waals surface area contributed by atoms with Crippen LogP contribution in [0.4, 0.5) is 4.39 Å². The van der Waals surface area contributed by atoms with Crippen molar-refractivity contribution in [2.75, 3.05) is 14.2 Å². The van der Waals surface area contributed by atoms with Gasteiger partial charge in [-0.1, -0.05) is 0 Å². The molecule has 1 rings (SSSR count). The van der Waals surface area contributed by atoms with Crippen LogP contribution in [0.25, 0.3) is 0 Å². The minimum Gasteiger partial charge on any atom is -0.466 e. The molecule has 0 atom stereocenters. The van der Waals surface area contributed by atoms with Crippen molar-refractivity contribution in [1.29, 1.82) is 0 Å². The summed E-state index contributed by atoms with van der Waals surface area (Å²) < 4.78 is 21.5. The summed E-state index contributed by atoms with van der Waals surface area (Å²) in [4.78, 5) is 34.6. The molecule has 0 heterocycles. The van der Waals surface area contributed by atoms with E-state index in [1.54, 1.807) is 0 Å². The number of ketones is 1. The topological polar surface area (TPSA) is 69.7 Å². The van der Waals surface area contributed by atoms with Gasteiger partial charge in [0.25, 0.3) is 0 Å². The van der Waals surface area contributed by atoms with Crippen LogP contribution >= 0.6 is 0 Å². The zero-order valence-corrected chi connectivity index (χ0v) is 10.3. The van der Waals surface area contributed by atoms with E-state index in [0.717, 1.165) is 32.4 Å². The molecule has 1 aromatic rings. The second-order valence-corrected chi connectivity index (χ2v) is 3.41. The predicted molar refractivity (Wildman–Crippen MR) is 62.8 cm³/mol. The normalized spacial score (nSPS) is 10.8. The molecule has 19 heavy (non-hydrogen) atoms. The van der Waals surface area contributed by atoms with Crippen LogP contribution in [-0.2, 0) is 19.1 Å². The minimum absolute atomic E-state index is 0.0574. The van der Waals surface area contributed by atoms with E-state index in [0.29, 0.717) is 0 Å². The third-order valence-electron chi connectivity index (χ3n) is 2.22. The summed E-state index contributed by atoms with van der Waals surface area (Å²) >= 11 is 0. The van der Waals surface area contributed by atoms with Gasteiger partial charge in [-0.25, -0.2) is 14.0 Å². The fraction of sp³-hybridized carbons (Fsp3) is 0.154. The summed E-state index contributed by atoms with van der Waals surface area (Å²) in [5.74, 6) is -3.11. The molecule has 0 aliphatic carbocycles. The summed E-state index contributed by atoms with van der Waals surface area (Å²) in [6.45, 7) is 0. The Morgan fingerprint density at radius 2 is 1.63 bits per heavy atom. The van der Waals surface area contributed by atoms with Gasteiger partial charge in [0.2, 0.25) is 5.78 Å². The average Bonchev–Trinajstić information content (AvgIpc) is 2.43. The lowest BCUT2D eigenvalue weighted by Crippen LogP contribution is -2.17. The molecular formula is C13H11FO5. The number of halogens is 1. The van der Waals surface area contributed by atoms with Crippen molar-refractivity contribution in [2.45, 2.75) is 0 Å². The number of hydrogen-bond donors (Lipinski definition) is 0. The number of rotatable bonds is 4. The Morgan fingerprint density at radius 3 is 2.11 bits per heavy atom. The van der Waals surface area contributed by atoms with Crippen LogP contribution in [0.5, 0.6) is 0 Å². The number of esters is 2. The minimum atomic E-state index is -0.972. The molecule has 0 saturated heterocycles. The summed E-state index contributed by atoms with van der Waals surface area (Å²) in [6, 6.07) is 4.54. The quantitative estimate of drug-likeness (QED) is 0.270. The van der Waals surface area contributed by atoms with Gasteiger partial charge in [0.15, 0.2) is 0 Å². The van der Waals surface area contributed by atoms with E-state index >= 15 is 0 Å². The average molecular weight is 266 g/mol. The summed E-state index contributed by atoms with van der Waals surface area (Å²) in [5, 5.41) is 0. The molecule has 100 valence electrons. The highest BCUT2D eigenvalue weighted by Crippen LogP contribution is 2.11. The van der Waals surface area contributed by atoms with Crippen LogP contribution in [0.15, 0.2) is 35.9 Å². The van der Waals surface area contributed by atoms with E-state index in [4.69, 9.17) is 0 Å². The van der Waals surface area contributed by atoms with E-state index in [-0.39, 0.29) is 5.56 Å². The molecule has 0 fully saturated rings. The van der Waals surface area contributed by atoms with Crippen LogP contribution in [0.3, 0.4) is 0 Å². The Kier molecular flexibility index (Phi) is 4.93. The number of carbonyl (C=O) groups is 3. The molecule has 0 spiro atoms. The van der Waals surface area contributed by atoms with Gasteiger partial charge in [-0.2, -0.15) is 0 Å². The maximum atomic E-state index is 12.7. The Hall–Kier alpha value is -2.50. The Labute approximate surface area is 108 Å². The second-order valence-electron chi connectivity index (χ2n) is 3.41. The summed E-state index contributed by atoms with van der Waals surface area (Å²) in [5.41, 5.74) is -0.428. The zero-order chi connectivity index (χ0) is 14.4. The number of ether oxygens (including phenoxy) is 2. The van der Waals surface area contributed by atoms with Gasteiger partial charge in [-0.15, -0.1) is 0 Å². The maximum absolute atomic E-state index is 12.7. The molecular weight excluding hydrogens is 255 g/mol. The number of Topliss-reactive ketones (excluding diaryl/α,β-unsaturated/α-hetero) is 1. The summed E-state index contributed by atoms with van der Waals surface area (Å²) in [6.07, 6.45) is 0.734. The van der Waals surface area contributed by atoms with Crippen LogP contribution in [0.1, 0.15) is 10.4 Å². The molecule has 0 saturated carbocycles. The van der Waals surface area contributed by atoms with Crippen molar-refractivity contribution in [3.05, 3.63) is 47.3 Å². The molecule has 0 aliphatic rings. The van der Waals surface area contributed by atoms with Gasteiger partial charge in [-0.05, 0) is 24.3 Å². The van der Waals surface area contributed by atoms with E-state index in [1.807, 2.05) is 0 Å². The highest BCUT2D eigenvalue weighted by molar-refractivity contribution is 6.26. The standard InChI is InChI=1S/C13H11FO5/c1-18-11(15)7-10(13(17)19-2)12(16)8-3-5-9(14)6-4-8/h3-7H,1-2H3/b10-7+. The Balaban J connectivity index is 3.15. The maximum Gasteiger partial charge on any atom is 0.342 e. The lowest BCUT2D eigenvalue weighted by molar-refractivity contribution is -0.138. The number of hydrogen-bond acceptors (Lipinski definition) is 5. The van der Waals surface area contributed by atoms with Gasteiger partial charge >= 0.3 is 11.9 Å². The first-order valence-electron chi connectivity index (χ1n) is 5.17. The van der Waals surface area contributed by atoms with Crippen LogP contribution in [0, 0.1) is 5.82 Å². The molecule has 6 heteroatoms. The molecule has 0 amide bonds. The van der Waals surface area contributed by atoms with E-state index < -0.39 is 29.1 Å². The van der Waals surface area contributed by atoms with Gasteiger partial charge in [0.05, 0.1) is 14.2 Å². The van der Waals surface area contributed by atoms with Crippen LogP contribution < -0.4 is 0 Å². The number of methoxy groups -OCH3 is 2. The molecule has 1 aromatic carbocycles. The van der Waals surface area contributed by atoms with Crippen molar-refractivity contribution in [3.63, 3.8) is 0 Å². The fourth-order valence-corrected chi connectivity index (χ4v) is 1.26. The molecule has 5 nitrogen and oxygen atoms in total. The van der Waals surface area contributed by atoms with Crippen molar-refractivity contribution < 1.29 is 28.2 Å². The summed E-state index contributed by atoms with van der Waals surface area (Å²) in [7, 11) is 2.18. The largest absolute Gasteiger partial charge is 0.466 e. The predicted octanol–water partition coefficient (Wildman–Crippen LogP) is 1.28. The highest BCUT2D eigenvalue weighted by atomic mass is 19.1. The first kappa shape index (κ1) is 14.6. The van der Waals surface area contributed by atoms with Crippen molar-refractivity contribution >= 4 is 17.7 Å². The zero-order valence-electron chi connectivity index (χ0n) is 10.3. The highest BCUT2D eigenvalue weighted by Gasteiger charge is 2.22. The lowest BCUT2D eigenvalue weighted by atomic mass is 10.0.